The Labute approximate surface area is 121 Å². The molecule has 1 aromatic carbocycles. The molecule has 2 N–H and O–H groups in total. The van der Waals surface area contributed by atoms with E-state index in [1.807, 2.05) is 0 Å². The zero-order valence-corrected chi connectivity index (χ0v) is 11.4. The topological polar surface area (TPSA) is 85.9 Å². The van der Waals surface area contributed by atoms with Gasteiger partial charge in [-0.3, -0.25) is 9.59 Å². The minimum atomic E-state index is -0.716. The molecule has 2 aliphatic rings. The maximum atomic E-state index is 11.8. The highest BCUT2D eigenvalue weighted by Crippen LogP contribution is 2.34. The molecule has 1 atom stereocenters. The number of hydrogen-bond donors (Lipinski definition) is 2. The minimum Gasteiger partial charge on any atom is -0.454 e. The molecule has 1 aromatic rings. The van der Waals surface area contributed by atoms with Crippen molar-refractivity contribution in [2.75, 3.05) is 25.3 Å². The summed E-state index contributed by atoms with van der Waals surface area (Å²) in [5.41, 5.74) is 0.483. The monoisotopic (exact) mass is 292 g/mol. The van der Waals surface area contributed by atoms with Gasteiger partial charge in [0, 0.05) is 24.9 Å². The number of hydrogen-bond acceptors (Lipinski definition) is 5. The minimum absolute atomic E-state index is 0.00675. The fraction of sp³-hybridized carbons (Fsp3) is 0.429. The van der Waals surface area contributed by atoms with Crippen LogP contribution in [0.15, 0.2) is 18.2 Å². The summed E-state index contributed by atoms with van der Waals surface area (Å²) >= 11 is 0. The van der Waals surface area contributed by atoms with Gasteiger partial charge in [0.1, 0.15) is 0 Å². The van der Waals surface area contributed by atoms with Gasteiger partial charge in [-0.25, -0.2) is 0 Å². The van der Waals surface area contributed by atoms with Crippen molar-refractivity contribution in [3.8, 4) is 11.5 Å². The summed E-state index contributed by atoms with van der Waals surface area (Å²) < 4.78 is 15.8. The van der Waals surface area contributed by atoms with Crippen LogP contribution in [-0.2, 0) is 14.3 Å². The number of ether oxygens (including phenoxy) is 3. The molecule has 7 heteroatoms. The predicted octanol–water partition coefficient (Wildman–Crippen LogP) is 0.649. The molecule has 0 saturated carbocycles. The van der Waals surface area contributed by atoms with E-state index in [1.54, 1.807) is 18.2 Å². The molecule has 0 spiro atoms. The molecule has 2 aliphatic heterocycles. The quantitative estimate of drug-likeness (QED) is 0.799. The third-order valence-electron chi connectivity index (χ3n) is 3.35. The van der Waals surface area contributed by atoms with Crippen LogP contribution >= 0.6 is 0 Å². The van der Waals surface area contributed by atoms with Gasteiger partial charge in [0.05, 0.1) is 6.10 Å². The van der Waals surface area contributed by atoms with E-state index in [0.29, 0.717) is 30.3 Å². The Balaban J connectivity index is 1.51. The molecule has 0 aliphatic carbocycles. The van der Waals surface area contributed by atoms with Crippen LogP contribution in [0.25, 0.3) is 0 Å². The Hall–Kier alpha value is -2.28. The zero-order chi connectivity index (χ0) is 14.7. The number of amides is 2. The predicted molar refractivity (Wildman–Crippen MR) is 73.2 cm³/mol. The first-order valence-corrected chi connectivity index (χ1v) is 6.83. The zero-order valence-electron chi connectivity index (χ0n) is 11.4. The molecule has 2 heterocycles. The van der Waals surface area contributed by atoms with Gasteiger partial charge < -0.3 is 24.8 Å². The van der Waals surface area contributed by atoms with Gasteiger partial charge in [-0.2, -0.15) is 0 Å². The lowest BCUT2D eigenvalue weighted by Crippen LogP contribution is -2.39. The second-order valence-electron chi connectivity index (χ2n) is 4.87. The lowest BCUT2D eigenvalue weighted by Gasteiger charge is -2.10. The fourth-order valence-electron chi connectivity index (χ4n) is 2.25. The molecule has 1 fully saturated rings. The van der Waals surface area contributed by atoms with E-state index >= 15 is 0 Å². The normalized spacial score (nSPS) is 19.3. The number of fused-ring (bicyclic) bond motifs is 1. The third kappa shape index (κ3) is 3.25. The largest absolute Gasteiger partial charge is 0.454 e. The van der Waals surface area contributed by atoms with Crippen LogP contribution in [0.2, 0.25) is 0 Å². The van der Waals surface area contributed by atoms with Crippen LogP contribution in [0.3, 0.4) is 0 Å². The van der Waals surface area contributed by atoms with Crippen LogP contribution < -0.4 is 20.1 Å². The molecule has 2 amide bonds. The fourth-order valence-corrected chi connectivity index (χ4v) is 2.25. The van der Waals surface area contributed by atoms with Gasteiger partial charge in [-0.05, 0) is 25.0 Å². The summed E-state index contributed by atoms with van der Waals surface area (Å²) in [6.07, 6.45) is 1.90. The molecule has 0 aromatic heterocycles. The van der Waals surface area contributed by atoms with Crippen LogP contribution in [-0.4, -0.2) is 37.9 Å². The summed E-state index contributed by atoms with van der Waals surface area (Å²) in [6, 6.07) is 4.95. The first kappa shape index (κ1) is 13.7. The Morgan fingerprint density at radius 2 is 2.05 bits per heavy atom. The highest BCUT2D eigenvalue weighted by molar-refractivity contribution is 6.39. The third-order valence-corrected chi connectivity index (χ3v) is 3.35. The van der Waals surface area contributed by atoms with Crippen LogP contribution in [0.5, 0.6) is 11.5 Å². The molecule has 3 rings (SSSR count). The Morgan fingerprint density at radius 3 is 2.86 bits per heavy atom. The second kappa shape index (κ2) is 6.01. The number of benzene rings is 1. The Kier molecular flexibility index (Phi) is 3.92. The first-order valence-electron chi connectivity index (χ1n) is 6.83. The number of carbonyl (C=O) groups is 2. The number of rotatable bonds is 3. The highest BCUT2D eigenvalue weighted by Gasteiger charge is 2.20. The van der Waals surface area contributed by atoms with Crippen LogP contribution in [0.1, 0.15) is 12.8 Å². The first-order chi connectivity index (χ1) is 10.2. The van der Waals surface area contributed by atoms with Crippen LogP contribution in [0, 0.1) is 0 Å². The van der Waals surface area contributed by atoms with Crippen molar-refractivity contribution < 1.29 is 23.8 Å². The molecule has 1 saturated heterocycles. The Morgan fingerprint density at radius 1 is 1.19 bits per heavy atom. The van der Waals surface area contributed by atoms with Crippen molar-refractivity contribution in [2.45, 2.75) is 18.9 Å². The van der Waals surface area contributed by atoms with Crippen molar-refractivity contribution in [3.05, 3.63) is 18.2 Å². The van der Waals surface area contributed by atoms with E-state index in [0.717, 1.165) is 12.8 Å². The highest BCUT2D eigenvalue weighted by atomic mass is 16.7. The average molecular weight is 292 g/mol. The van der Waals surface area contributed by atoms with Crippen molar-refractivity contribution in [1.82, 2.24) is 5.32 Å². The van der Waals surface area contributed by atoms with E-state index in [4.69, 9.17) is 14.2 Å². The lowest BCUT2D eigenvalue weighted by molar-refractivity contribution is -0.136. The molecule has 1 unspecified atom stereocenters. The average Bonchev–Trinajstić information content (AvgIpc) is 3.15. The van der Waals surface area contributed by atoms with Gasteiger partial charge in [0.25, 0.3) is 0 Å². The maximum absolute atomic E-state index is 11.8. The van der Waals surface area contributed by atoms with E-state index in [1.165, 1.54) is 0 Å². The molecule has 0 bridgehead atoms. The van der Waals surface area contributed by atoms with Gasteiger partial charge in [0.15, 0.2) is 11.5 Å². The summed E-state index contributed by atoms with van der Waals surface area (Å²) in [4.78, 5) is 23.5. The summed E-state index contributed by atoms with van der Waals surface area (Å²) in [6.45, 7) is 1.23. The molecule has 0 radical (unpaired) electrons. The SMILES string of the molecule is O=C(NCC1CCCO1)C(=O)Nc1ccc2c(c1)OCO2. The lowest BCUT2D eigenvalue weighted by atomic mass is 10.2. The van der Waals surface area contributed by atoms with Crippen molar-refractivity contribution >= 4 is 17.5 Å². The van der Waals surface area contributed by atoms with Crippen molar-refractivity contribution in [3.63, 3.8) is 0 Å². The molecule has 21 heavy (non-hydrogen) atoms. The van der Waals surface area contributed by atoms with Gasteiger partial charge in [-0.15, -0.1) is 0 Å². The van der Waals surface area contributed by atoms with Crippen molar-refractivity contribution in [2.24, 2.45) is 0 Å². The van der Waals surface area contributed by atoms with Crippen LogP contribution in [0.4, 0.5) is 5.69 Å². The smallest absolute Gasteiger partial charge is 0.313 e. The summed E-state index contributed by atoms with van der Waals surface area (Å²) in [5, 5.41) is 5.08. The molecule has 7 nitrogen and oxygen atoms in total. The van der Waals surface area contributed by atoms with Gasteiger partial charge in [0.2, 0.25) is 6.79 Å². The van der Waals surface area contributed by atoms with Crippen molar-refractivity contribution in [1.29, 1.82) is 0 Å². The maximum Gasteiger partial charge on any atom is 0.313 e. The summed E-state index contributed by atoms with van der Waals surface area (Å²) in [5.74, 6) is -0.224. The molecular weight excluding hydrogens is 276 g/mol. The van der Waals surface area contributed by atoms with E-state index in [9.17, 15) is 9.59 Å². The molecule has 112 valence electrons. The second-order valence-corrected chi connectivity index (χ2v) is 4.87. The van der Waals surface area contributed by atoms with E-state index in [-0.39, 0.29) is 12.9 Å². The van der Waals surface area contributed by atoms with E-state index in [2.05, 4.69) is 10.6 Å². The number of carbonyl (C=O) groups excluding carboxylic acids is 2. The standard InChI is InChI=1S/C14H16N2O5/c17-13(15-7-10-2-1-5-19-10)14(18)16-9-3-4-11-12(6-9)21-8-20-11/h3-4,6,10H,1-2,5,7-8H2,(H,15,17)(H,16,18). The van der Waals surface area contributed by atoms with Gasteiger partial charge in [-0.1, -0.05) is 0 Å². The number of anilines is 1. The van der Waals surface area contributed by atoms with E-state index < -0.39 is 11.8 Å². The molecular formula is C14H16N2O5. The number of nitrogens with one attached hydrogen (secondary N) is 2. The summed E-state index contributed by atoms with van der Waals surface area (Å²) in [7, 11) is 0. The van der Waals surface area contributed by atoms with Gasteiger partial charge >= 0.3 is 11.8 Å². The Bertz CT molecular complexity index is 554.